The Morgan fingerprint density at radius 2 is 1.58 bits per heavy atom. The molecule has 3 aromatic carbocycles. The summed E-state index contributed by atoms with van der Waals surface area (Å²) in [5, 5.41) is 7.37. The number of fused-ring (bicyclic) bond motifs is 1. The first kappa shape index (κ1) is 20.4. The normalized spacial score (nSPS) is 11.1. The van der Waals surface area contributed by atoms with Crippen molar-refractivity contribution in [1.29, 1.82) is 0 Å². The van der Waals surface area contributed by atoms with Crippen LogP contribution in [-0.2, 0) is 16.6 Å². The molecule has 0 unspecified atom stereocenters. The number of hydrogen-bond acceptors (Lipinski definition) is 4. The first-order chi connectivity index (χ1) is 15.0. The first-order valence-electron chi connectivity index (χ1n) is 9.55. The molecule has 0 saturated heterocycles. The van der Waals surface area contributed by atoms with E-state index >= 15 is 0 Å². The van der Waals surface area contributed by atoms with Crippen LogP contribution in [0.3, 0.4) is 0 Å². The minimum atomic E-state index is -3.76. The molecule has 0 aliphatic carbocycles. The molecule has 2 amide bonds. The summed E-state index contributed by atoms with van der Waals surface area (Å²) in [7, 11) is -3.76. The average molecular weight is 433 g/mol. The zero-order valence-electron chi connectivity index (χ0n) is 16.4. The third-order valence-electron chi connectivity index (χ3n) is 4.60. The fourth-order valence-electron chi connectivity index (χ4n) is 3.04. The fraction of sp³-hybridized carbons (Fsp3) is 0.0435. The molecule has 0 spiro atoms. The number of nitrogens with zero attached hydrogens (tertiary/aromatic N) is 1. The van der Waals surface area contributed by atoms with E-state index < -0.39 is 16.1 Å². The molecule has 0 radical (unpaired) electrons. The van der Waals surface area contributed by atoms with E-state index in [1.54, 1.807) is 42.7 Å². The van der Waals surface area contributed by atoms with E-state index in [0.29, 0.717) is 17.9 Å². The van der Waals surface area contributed by atoms with Crippen LogP contribution in [-0.4, -0.2) is 19.4 Å². The Balaban J connectivity index is 1.39. The van der Waals surface area contributed by atoms with Gasteiger partial charge in [-0.3, -0.25) is 9.71 Å². The Morgan fingerprint density at radius 3 is 2.32 bits per heavy atom. The SMILES string of the molecule is O=C(NCc1cccnc1)Nc1ccc(S(=O)(=O)Nc2ccc3ccccc3c2)cc1. The Hall–Kier alpha value is -3.91. The van der Waals surface area contributed by atoms with E-state index in [1.165, 1.54) is 12.1 Å². The van der Waals surface area contributed by atoms with Crippen LogP contribution in [0, 0.1) is 0 Å². The fourth-order valence-corrected chi connectivity index (χ4v) is 4.09. The maximum Gasteiger partial charge on any atom is 0.319 e. The largest absolute Gasteiger partial charge is 0.334 e. The molecule has 0 fully saturated rings. The van der Waals surface area contributed by atoms with Crippen molar-refractivity contribution in [2.75, 3.05) is 10.0 Å². The molecule has 1 heterocycles. The molecule has 31 heavy (non-hydrogen) atoms. The number of nitrogens with one attached hydrogen (secondary N) is 3. The van der Waals surface area contributed by atoms with Crippen LogP contribution in [0.2, 0.25) is 0 Å². The topological polar surface area (TPSA) is 100 Å². The minimum absolute atomic E-state index is 0.0991. The van der Waals surface area contributed by atoms with Crippen LogP contribution in [0.5, 0.6) is 0 Å². The number of hydrogen-bond donors (Lipinski definition) is 3. The highest BCUT2D eigenvalue weighted by Gasteiger charge is 2.14. The number of pyridine rings is 1. The third-order valence-corrected chi connectivity index (χ3v) is 6.00. The van der Waals surface area contributed by atoms with Gasteiger partial charge in [0.1, 0.15) is 0 Å². The number of anilines is 2. The molecule has 7 nitrogen and oxygen atoms in total. The molecule has 0 saturated carbocycles. The van der Waals surface area contributed by atoms with Gasteiger partial charge in [-0.1, -0.05) is 36.4 Å². The summed E-state index contributed by atoms with van der Waals surface area (Å²) in [6.07, 6.45) is 3.33. The number of rotatable bonds is 6. The molecule has 0 atom stereocenters. The van der Waals surface area contributed by atoms with Crippen molar-refractivity contribution in [3.63, 3.8) is 0 Å². The quantitative estimate of drug-likeness (QED) is 0.421. The molecule has 0 aliphatic heterocycles. The molecule has 8 heteroatoms. The summed E-state index contributed by atoms with van der Waals surface area (Å²) in [5.41, 5.74) is 1.84. The summed E-state index contributed by atoms with van der Waals surface area (Å²) in [6.45, 7) is 0.335. The summed E-state index contributed by atoms with van der Waals surface area (Å²) in [5.74, 6) is 0. The monoisotopic (exact) mass is 432 g/mol. The number of benzene rings is 3. The standard InChI is InChI=1S/C23H20N4O3S/c28-23(25-16-17-4-3-13-24-15-17)26-20-9-11-22(12-10-20)31(29,30)27-21-8-7-18-5-1-2-6-19(18)14-21/h1-15,27H,16H2,(H2,25,26,28). The van der Waals surface area contributed by atoms with Gasteiger partial charge in [-0.15, -0.1) is 0 Å². The lowest BCUT2D eigenvalue weighted by molar-refractivity contribution is 0.251. The highest BCUT2D eigenvalue weighted by molar-refractivity contribution is 7.92. The Bertz CT molecular complexity index is 1310. The van der Waals surface area contributed by atoms with E-state index in [-0.39, 0.29) is 4.90 Å². The van der Waals surface area contributed by atoms with E-state index in [4.69, 9.17) is 0 Å². The Morgan fingerprint density at radius 1 is 0.839 bits per heavy atom. The third kappa shape index (κ3) is 5.18. The van der Waals surface area contributed by atoms with Crippen molar-refractivity contribution in [2.45, 2.75) is 11.4 Å². The van der Waals surface area contributed by atoms with Gasteiger partial charge in [0.25, 0.3) is 10.0 Å². The van der Waals surface area contributed by atoms with Crippen LogP contribution in [0.4, 0.5) is 16.2 Å². The van der Waals surface area contributed by atoms with E-state index in [2.05, 4.69) is 20.3 Å². The molecule has 0 aliphatic rings. The number of sulfonamides is 1. The van der Waals surface area contributed by atoms with Gasteiger partial charge in [0, 0.05) is 30.3 Å². The second-order valence-electron chi connectivity index (χ2n) is 6.86. The molecule has 156 valence electrons. The van der Waals surface area contributed by atoms with E-state index in [9.17, 15) is 13.2 Å². The number of aromatic nitrogens is 1. The lowest BCUT2D eigenvalue weighted by Gasteiger charge is -2.11. The molecule has 3 N–H and O–H groups in total. The number of carbonyl (C=O) groups excluding carboxylic acids is 1. The molecule has 4 aromatic rings. The lowest BCUT2D eigenvalue weighted by atomic mass is 10.1. The van der Waals surface area contributed by atoms with Crippen LogP contribution in [0.1, 0.15) is 5.56 Å². The van der Waals surface area contributed by atoms with Crippen molar-refractivity contribution >= 4 is 38.2 Å². The van der Waals surface area contributed by atoms with Crippen molar-refractivity contribution in [1.82, 2.24) is 10.3 Å². The molecule has 4 rings (SSSR count). The van der Waals surface area contributed by atoms with Gasteiger partial charge < -0.3 is 10.6 Å². The van der Waals surface area contributed by atoms with Crippen LogP contribution >= 0.6 is 0 Å². The first-order valence-corrected chi connectivity index (χ1v) is 11.0. The molecule has 1 aromatic heterocycles. The second kappa shape index (κ2) is 8.85. The summed E-state index contributed by atoms with van der Waals surface area (Å²) >= 11 is 0. The van der Waals surface area contributed by atoms with Gasteiger partial charge in [0.05, 0.1) is 4.90 Å². The van der Waals surface area contributed by atoms with Crippen molar-refractivity contribution in [2.24, 2.45) is 0 Å². The predicted molar refractivity (Wildman–Crippen MR) is 121 cm³/mol. The average Bonchev–Trinajstić information content (AvgIpc) is 2.78. The predicted octanol–water partition coefficient (Wildman–Crippen LogP) is 4.36. The highest BCUT2D eigenvalue weighted by atomic mass is 32.2. The number of amides is 2. The van der Waals surface area contributed by atoms with Crippen LogP contribution < -0.4 is 15.4 Å². The molecular weight excluding hydrogens is 412 g/mol. The zero-order chi connectivity index (χ0) is 21.7. The smallest absolute Gasteiger partial charge is 0.319 e. The maximum absolute atomic E-state index is 12.7. The van der Waals surface area contributed by atoms with Gasteiger partial charge in [-0.2, -0.15) is 0 Å². The lowest BCUT2D eigenvalue weighted by Crippen LogP contribution is -2.28. The van der Waals surface area contributed by atoms with Gasteiger partial charge >= 0.3 is 6.03 Å². The number of carbonyl (C=O) groups is 1. The van der Waals surface area contributed by atoms with E-state index in [1.807, 2.05) is 36.4 Å². The van der Waals surface area contributed by atoms with Crippen molar-refractivity contribution < 1.29 is 13.2 Å². The van der Waals surface area contributed by atoms with Gasteiger partial charge in [0.15, 0.2) is 0 Å². The Kier molecular flexibility index (Phi) is 5.81. The van der Waals surface area contributed by atoms with E-state index in [0.717, 1.165) is 16.3 Å². The second-order valence-corrected chi connectivity index (χ2v) is 8.54. The summed E-state index contributed by atoms with van der Waals surface area (Å²) in [6, 6.07) is 22.3. The van der Waals surface area contributed by atoms with Gasteiger partial charge in [-0.05, 0) is 58.8 Å². The summed E-state index contributed by atoms with van der Waals surface area (Å²) in [4.78, 5) is 16.1. The summed E-state index contributed by atoms with van der Waals surface area (Å²) < 4.78 is 28.0. The van der Waals surface area contributed by atoms with Gasteiger partial charge in [0.2, 0.25) is 0 Å². The van der Waals surface area contributed by atoms with Gasteiger partial charge in [-0.25, -0.2) is 13.2 Å². The highest BCUT2D eigenvalue weighted by Crippen LogP contribution is 2.22. The molecular formula is C23H20N4O3S. The number of urea groups is 1. The minimum Gasteiger partial charge on any atom is -0.334 e. The molecule has 0 bridgehead atoms. The van der Waals surface area contributed by atoms with Crippen LogP contribution in [0.15, 0.2) is 96.2 Å². The van der Waals surface area contributed by atoms with Crippen molar-refractivity contribution in [3.8, 4) is 0 Å². The zero-order valence-corrected chi connectivity index (χ0v) is 17.3. The Labute approximate surface area is 180 Å². The maximum atomic E-state index is 12.7. The van der Waals surface area contributed by atoms with Crippen LogP contribution in [0.25, 0.3) is 10.8 Å². The van der Waals surface area contributed by atoms with Crippen molar-refractivity contribution in [3.05, 3.63) is 96.8 Å².